The average molecular weight is 1070 g/mol. The second-order valence-electron chi connectivity index (χ2n) is 26.2. The predicted molar refractivity (Wildman–Crippen MR) is 350 cm³/mol. The summed E-state index contributed by atoms with van der Waals surface area (Å²) in [5.41, 5.74) is 24.2. The van der Waals surface area contributed by atoms with Gasteiger partial charge in [-0.15, -0.1) is 0 Å². The van der Waals surface area contributed by atoms with E-state index < -0.39 is 0 Å². The lowest BCUT2D eigenvalue weighted by molar-refractivity contribution is 0.590. The molecular formula is C77H72BN3O. The standard InChI is InChI=1S/C77H72BN3O/c1-74(2,3)54-38-42-65(61(45-54)51-27-17-12-18-28-51)80-67-48-57(77(10,11)53-31-21-14-22-32-53)37-41-64(67)78-71-68(80)49-60(79(58-33-23-15-24-34-58)59-35-25-16-26-36-59)50-69(71)81(72-63-47-56(76(7,8)9)40-44-70(63)82-73(72)78)66-43-39-55(75(4,5)6)46-62(66)52-29-19-13-20-30-52/h12-50H,1-11H3. The molecule has 5 heteroatoms. The second-order valence-corrected chi connectivity index (χ2v) is 26.2. The van der Waals surface area contributed by atoms with Crippen molar-refractivity contribution >= 4 is 85.5 Å². The quantitative estimate of drug-likeness (QED) is 0.134. The van der Waals surface area contributed by atoms with Crippen molar-refractivity contribution in [3.8, 4) is 22.3 Å². The molecule has 0 amide bonds. The van der Waals surface area contributed by atoms with E-state index in [0.717, 1.165) is 84.5 Å². The molecule has 1 aromatic heterocycles. The van der Waals surface area contributed by atoms with E-state index >= 15 is 0 Å². The summed E-state index contributed by atoms with van der Waals surface area (Å²) in [6, 6.07) is 88.3. The summed E-state index contributed by atoms with van der Waals surface area (Å²) in [4.78, 5) is 7.65. The molecule has 0 N–H and O–H groups in total. The van der Waals surface area contributed by atoms with Gasteiger partial charge in [-0.25, -0.2) is 0 Å². The highest BCUT2D eigenvalue weighted by atomic mass is 16.3. The molecule has 0 fully saturated rings. The van der Waals surface area contributed by atoms with Crippen LogP contribution in [0.25, 0.3) is 33.2 Å². The summed E-state index contributed by atoms with van der Waals surface area (Å²) in [6.45, 7) is 25.3. The van der Waals surface area contributed by atoms with Crippen molar-refractivity contribution in [3.05, 3.63) is 264 Å². The fraction of sp³-hybridized carbons (Fsp3) is 0.195. The first kappa shape index (κ1) is 52.6. The van der Waals surface area contributed by atoms with Gasteiger partial charge in [0, 0.05) is 50.4 Å². The third kappa shape index (κ3) is 9.02. The third-order valence-electron chi connectivity index (χ3n) is 17.4. The molecule has 0 saturated carbocycles. The van der Waals surface area contributed by atoms with Crippen LogP contribution in [0.1, 0.15) is 104 Å². The molecule has 404 valence electrons. The smallest absolute Gasteiger partial charge is 0.297 e. The lowest BCUT2D eigenvalue weighted by Gasteiger charge is -2.44. The van der Waals surface area contributed by atoms with Crippen LogP contribution in [0.4, 0.5) is 51.2 Å². The summed E-state index contributed by atoms with van der Waals surface area (Å²) in [6.07, 6.45) is 0. The maximum Gasteiger partial charge on any atom is 0.297 e. The molecule has 11 aromatic rings. The SMILES string of the molecule is CC(C)(C)c1ccc(N2c3cc(C(C)(C)c4ccccc4)ccc3B3c4oc5ccc(C(C)(C)C)cc5c4N(c4ccc(C(C)(C)C)cc4-c4ccccc4)c4cc(N(c5ccccc5)c5ccccc5)cc2c43)c(-c2ccccc2)c1. The Balaban J connectivity index is 1.23. The van der Waals surface area contributed by atoms with Gasteiger partial charge in [0.05, 0.1) is 28.4 Å². The van der Waals surface area contributed by atoms with Gasteiger partial charge in [0.1, 0.15) is 5.58 Å². The minimum atomic E-state index is -0.338. The van der Waals surface area contributed by atoms with Crippen molar-refractivity contribution < 1.29 is 4.42 Å². The topological polar surface area (TPSA) is 22.9 Å². The van der Waals surface area contributed by atoms with Crippen LogP contribution in [0.15, 0.2) is 241 Å². The lowest BCUT2D eigenvalue weighted by atomic mass is 9.35. The van der Waals surface area contributed by atoms with E-state index in [0.29, 0.717) is 0 Å². The Hall–Kier alpha value is -8.80. The molecule has 82 heavy (non-hydrogen) atoms. The summed E-state index contributed by atoms with van der Waals surface area (Å²) in [7, 11) is 0. The summed E-state index contributed by atoms with van der Waals surface area (Å²) in [5, 5.41) is 1.09. The number of hydrogen-bond acceptors (Lipinski definition) is 4. The van der Waals surface area contributed by atoms with Crippen LogP contribution in [0.3, 0.4) is 0 Å². The summed E-state index contributed by atoms with van der Waals surface area (Å²) in [5.74, 6) is 0. The molecule has 3 heterocycles. The highest BCUT2D eigenvalue weighted by Crippen LogP contribution is 2.54. The minimum Gasteiger partial charge on any atom is -0.468 e. The zero-order valence-corrected chi connectivity index (χ0v) is 49.3. The number of fused-ring (bicyclic) bond motifs is 6. The van der Waals surface area contributed by atoms with Gasteiger partial charge in [0.25, 0.3) is 6.71 Å². The van der Waals surface area contributed by atoms with Gasteiger partial charge < -0.3 is 19.1 Å². The van der Waals surface area contributed by atoms with Gasteiger partial charge in [-0.05, 0) is 145 Å². The fourth-order valence-electron chi connectivity index (χ4n) is 12.7. The molecule has 0 radical (unpaired) electrons. The van der Waals surface area contributed by atoms with Crippen molar-refractivity contribution in [2.75, 3.05) is 14.7 Å². The lowest BCUT2D eigenvalue weighted by Crippen LogP contribution is -2.61. The molecule has 0 unspecified atom stereocenters. The maximum absolute atomic E-state index is 7.64. The number of nitrogens with zero attached hydrogens (tertiary/aromatic N) is 3. The van der Waals surface area contributed by atoms with Crippen LogP contribution in [0, 0.1) is 0 Å². The van der Waals surface area contributed by atoms with E-state index in [1.807, 2.05) is 0 Å². The second kappa shape index (κ2) is 19.7. The van der Waals surface area contributed by atoms with Gasteiger partial charge >= 0.3 is 0 Å². The van der Waals surface area contributed by atoms with E-state index in [9.17, 15) is 0 Å². The van der Waals surface area contributed by atoms with E-state index in [4.69, 9.17) is 4.42 Å². The molecule has 0 aliphatic carbocycles. The highest BCUT2D eigenvalue weighted by Gasteiger charge is 2.48. The monoisotopic (exact) mass is 1070 g/mol. The molecule has 0 spiro atoms. The van der Waals surface area contributed by atoms with Gasteiger partial charge in [-0.3, -0.25) is 0 Å². The first-order chi connectivity index (χ1) is 39.3. The van der Waals surface area contributed by atoms with Gasteiger partial charge in [0.15, 0.2) is 0 Å². The van der Waals surface area contributed by atoms with E-state index in [-0.39, 0.29) is 28.4 Å². The van der Waals surface area contributed by atoms with Crippen LogP contribution in [-0.4, -0.2) is 6.71 Å². The van der Waals surface area contributed by atoms with Crippen LogP contribution in [-0.2, 0) is 21.7 Å². The van der Waals surface area contributed by atoms with E-state index in [1.165, 1.54) is 44.3 Å². The maximum atomic E-state index is 7.64. The van der Waals surface area contributed by atoms with Crippen molar-refractivity contribution in [2.24, 2.45) is 0 Å². The van der Waals surface area contributed by atoms with Crippen LogP contribution >= 0.6 is 0 Å². The average Bonchev–Trinajstić information content (AvgIpc) is 1.34. The van der Waals surface area contributed by atoms with E-state index in [1.54, 1.807) is 0 Å². The largest absolute Gasteiger partial charge is 0.468 e. The Morgan fingerprint density at radius 2 is 0.793 bits per heavy atom. The molecule has 10 aromatic carbocycles. The van der Waals surface area contributed by atoms with Crippen molar-refractivity contribution in [1.29, 1.82) is 0 Å². The van der Waals surface area contributed by atoms with Crippen LogP contribution < -0.4 is 31.3 Å². The molecule has 0 atom stereocenters. The zero-order chi connectivity index (χ0) is 56.9. The van der Waals surface area contributed by atoms with Crippen molar-refractivity contribution in [3.63, 3.8) is 0 Å². The first-order valence-corrected chi connectivity index (χ1v) is 29.2. The van der Waals surface area contributed by atoms with Gasteiger partial charge in [0.2, 0.25) is 0 Å². The molecule has 0 saturated heterocycles. The van der Waals surface area contributed by atoms with E-state index in [2.05, 4.69) is 327 Å². The fourth-order valence-corrected chi connectivity index (χ4v) is 12.7. The van der Waals surface area contributed by atoms with Gasteiger partial charge in [-0.1, -0.05) is 234 Å². The molecular weight excluding hydrogens is 994 g/mol. The number of rotatable bonds is 9. The number of para-hydroxylation sites is 2. The predicted octanol–water partition coefficient (Wildman–Crippen LogP) is 19.5. The van der Waals surface area contributed by atoms with Gasteiger partial charge in [-0.2, -0.15) is 0 Å². The molecule has 13 rings (SSSR count). The normalized spacial score (nSPS) is 13.2. The summed E-state index contributed by atoms with van der Waals surface area (Å²) < 4.78 is 7.64. The van der Waals surface area contributed by atoms with Crippen LogP contribution in [0.2, 0.25) is 0 Å². The van der Waals surface area contributed by atoms with Crippen LogP contribution in [0.5, 0.6) is 0 Å². The highest BCUT2D eigenvalue weighted by molar-refractivity contribution is 7.00. The first-order valence-electron chi connectivity index (χ1n) is 29.2. The molecule has 2 aliphatic rings. The third-order valence-corrected chi connectivity index (χ3v) is 17.4. The molecule has 0 bridgehead atoms. The Bertz CT molecular complexity index is 4140. The molecule has 2 aliphatic heterocycles. The Labute approximate surface area is 486 Å². The Morgan fingerprint density at radius 1 is 0.354 bits per heavy atom. The number of furan rings is 1. The summed E-state index contributed by atoms with van der Waals surface area (Å²) >= 11 is 0. The Morgan fingerprint density at radius 3 is 1.30 bits per heavy atom. The van der Waals surface area contributed by atoms with Crippen molar-refractivity contribution in [2.45, 2.75) is 97.8 Å². The number of anilines is 9. The molecule has 4 nitrogen and oxygen atoms in total. The Kier molecular flexibility index (Phi) is 12.7. The van der Waals surface area contributed by atoms with Crippen molar-refractivity contribution in [1.82, 2.24) is 0 Å². The zero-order valence-electron chi connectivity index (χ0n) is 49.3. The number of hydrogen-bond donors (Lipinski definition) is 0. The number of benzene rings is 10. The minimum absolute atomic E-state index is 0.102.